The number of carbonyl (C=O) groups is 2. The first-order valence-electron chi connectivity index (χ1n) is 8.84. The molecule has 0 spiro atoms. The molecule has 1 aromatic heterocycles. The number of aliphatic imine (C=N–C) groups is 1. The molecule has 0 atom stereocenters. The van der Waals surface area contributed by atoms with Crippen LogP contribution in [0.3, 0.4) is 0 Å². The molecular weight excluding hydrogens is 456 g/mol. The molecule has 1 heterocycles. The summed E-state index contributed by atoms with van der Waals surface area (Å²) in [6.07, 6.45) is 1.03. The third-order valence-corrected chi connectivity index (χ3v) is 8.89. The van der Waals surface area contributed by atoms with Crippen LogP contribution in [0.4, 0.5) is 4.79 Å². The van der Waals surface area contributed by atoms with Gasteiger partial charge in [0.25, 0.3) is 0 Å². The first-order chi connectivity index (χ1) is 14.7. The van der Waals surface area contributed by atoms with Crippen LogP contribution in [0, 0.1) is 6.92 Å². The Morgan fingerprint density at radius 2 is 1.90 bits per heavy atom. The summed E-state index contributed by atoms with van der Waals surface area (Å²) in [5, 5.41) is 8.81. The van der Waals surface area contributed by atoms with Crippen molar-refractivity contribution in [3.63, 3.8) is 0 Å². The highest BCUT2D eigenvalue weighted by Crippen LogP contribution is 2.38. The number of carboxylic acid groups (broad SMARTS) is 1. The molecule has 0 aliphatic carbocycles. The summed E-state index contributed by atoms with van der Waals surface area (Å²) in [5.74, 6) is -0.260. The van der Waals surface area contributed by atoms with Gasteiger partial charge in [-0.1, -0.05) is 30.3 Å². The molecule has 2 aromatic carbocycles. The molecule has 31 heavy (non-hydrogen) atoms. The van der Waals surface area contributed by atoms with Crippen molar-refractivity contribution >= 4 is 51.2 Å². The monoisotopic (exact) mass is 474 g/mol. The molecule has 10 heteroatoms. The lowest BCUT2D eigenvalue weighted by molar-refractivity contribution is 0.112. The third kappa shape index (κ3) is 4.55. The SMILES string of the molecule is CSc1sc(/C(N)=N\C(=O)O)cc1S(=O)(=O)c1cccc(-c2cccc(C=O)c2C)c1. The van der Waals surface area contributed by atoms with E-state index >= 15 is 0 Å². The van der Waals surface area contributed by atoms with Gasteiger partial charge in [-0.2, -0.15) is 4.99 Å². The summed E-state index contributed by atoms with van der Waals surface area (Å²) in [6.45, 7) is 1.81. The maximum Gasteiger partial charge on any atom is 0.433 e. The molecule has 160 valence electrons. The summed E-state index contributed by atoms with van der Waals surface area (Å²) < 4.78 is 27.3. The van der Waals surface area contributed by atoms with E-state index in [0.29, 0.717) is 15.3 Å². The number of hydrogen-bond donors (Lipinski definition) is 2. The third-order valence-electron chi connectivity index (χ3n) is 4.57. The van der Waals surface area contributed by atoms with E-state index < -0.39 is 15.9 Å². The number of thioether (sulfide) groups is 1. The molecule has 0 fully saturated rings. The van der Waals surface area contributed by atoms with Crippen LogP contribution in [0.1, 0.15) is 20.8 Å². The van der Waals surface area contributed by atoms with Crippen LogP contribution in [0.5, 0.6) is 0 Å². The molecule has 0 saturated heterocycles. The molecular formula is C21H18N2O5S3. The van der Waals surface area contributed by atoms with E-state index in [-0.39, 0.29) is 20.5 Å². The van der Waals surface area contributed by atoms with Crippen LogP contribution in [0.25, 0.3) is 11.1 Å². The molecule has 1 amide bonds. The van der Waals surface area contributed by atoms with Crippen LogP contribution in [-0.4, -0.2) is 38.0 Å². The number of benzene rings is 2. The van der Waals surface area contributed by atoms with Gasteiger partial charge in [0, 0.05) is 5.56 Å². The van der Waals surface area contributed by atoms with E-state index in [9.17, 15) is 18.0 Å². The van der Waals surface area contributed by atoms with Gasteiger partial charge in [0.2, 0.25) is 9.84 Å². The summed E-state index contributed by atoms with van der Waals surface area (Å²) in [5.41, 5.74) is 8.42. The van der Waals surface area contributed by atoms with Gasteiger partial charge in [0.1, 0.15) is 12.1 Å². The highest BCUT2D eigenvalue weighted by Gasteiger charge is 2.25. The number of rotatable bonds is 6. The zero-order chi connectivity index (χ0) is 22.8. The first kappa shape index (κ1) is 22.7. The quantitative estimate of drug-likeness (QED) is 0.233. The van der Waals surface area contributed by atoms with E-state index in [4.69, 9.17) is 10.8 Å². The van der Waals surface area contributed by atoms with Gasteiger partial charge in [-0.25, -0.2) is 13.2 Å². The summed E-state index contributed by atoms with van der Waals surface area (Å²) in [6, 6.07) is 13.1. The number of nitrogens with zero attached hydrogens (tertiary/aromatic N) is 1. The molecule has 3 aromatic rings. The Morgan fingerprint density at radius 1 is 1.19 bits per heavy atom. The van der Waals surface area contributed by atoms with Crippen LogP contribution >= 0.6 is 23.1 Å². The van der Waals surface area contributed by atoms with Crippen LogP contribution in [0.15, 0.2) is 67.5 Å². The minimum Gasteiger partial charge on any atom is -0.463 e. The predicted molar refractivity (Wildman–Crippen MR) is 122 cm³/mol. The molecule has 0 unspecified atom stereocenters. The van der Waals surface area contributed by atoms with Crippen molar-refractivity contribution in [2.45, 2.75) is 20.9 Å². The van der Waals surface area contributed by atoms with Gasteiger partial charge < -0.3 is 10.8 Å². The minimum atomic E-state index is -3.92. The fraction of sp³-hybridized carbons (Fsp3) is 0.0952. The zero-order valence-electron chi connectivity index (χ0n) is 16.5. The number of hydrogen-bond acceptors (Lipinski definition) is 6. The van der Waals surface area contributed by atoms with Crippen molar-refractivity contribution in [1.29, 1.82) is 0 Å². The van der Waals surface area contributed by atoms with Crippen LogP contribution in [0.2, 0.25) is 0 Å². The topological polar surface area (TPSA) is 127 Å². The van der Waals surface area contributed by atoms with Gasteiger partial charge in [-0.05, 0) is 48.1 Å². The van der Waals surface area contributed by atoms with Crippen molar-refractivity contribution in [3.05, 3.63) is 64.5 Å². The second kappa shape index (κ2) is 9.04. The van der Waals surface area contributed by atoms with Crippen molar-refractivity contribution in [2.75, 3.05) is 6.26 Å². The van der Waals surface area contributed by atoms with Gasteiger partial charge in [0.05, 0.1) is 18.9 Å². The maximum absolute atomic E-state index is 13.4. The van der Waals surface area contributed by atoms with E-state index in [2.05, 4.69) is 4.99 Å². The Morgan fingerprint density at radius 3 is 2.55 bits per heavy atom. The summed E-state index contributed by atoms with van der Waals surface area (Å²) in [7, 11) is -3.92. The van der Waals surface area contributed by atoms with Crippen molar-refractivity contribution in [2.24, 2.45) is 10.7 Å². The predicted octanol–water partition coefficient (Wildman–Crippen LogP) is 4.47. The molecule has 3 N–H and O–H groups in total. The summed E-state index contributed by atoms with van der Waals surface area (Å²) >= 11 is 2.29. The minimum absolute atomic E-state index is 0.0408. The normalized spacial score (nSPS) is 12.0. The lowest BCUT2D eigenvalue weighted by Crippen LogP contribution is -2.13. The molecule has 0 aliphatic heterocycles. The Labute approximate surface area is 187 Å². The van der Waals surface area contributed by atoms with Gasteiger partial charge >= 0.3 is 6.09 Å². The highest BCUT2D eigenvalue weighted by molar-refractivity contribution is 8.01. The number of amides is 1. The molecule has 3 rings (SSSR count). The van der Waals surface area contributed by atoms with E-state index in [1.165, 1.54) is 23.9 Å². The van der Waals surface area contributed by atoms with Crippen LogP contribution < -0.4 is 5.73 Å². The number of aldehydes is 1. The Kier molecular flexibility index (Phi) is 6.63. The van der Waals surface area contributed by atoms with Crippen molar-refractivity contribution in [3.8, 4) is 11.1 Å². The van der Waals surface area contributed by atoms with Gasteiger partial charge in [0.15, 0.2) is 0 Å². The van der Waals surface area contributed by atoms with Crippen molar-refractivity contribution < 1.29 is 23.1 Å². The Bertz CT molecular complexity index is 1310. The van der Waals surface area contributed by atoms with E-state index in [0.717, 1.165) is 28.7 Å². The fourth-order valence-electron chi connectivity index (χ4n) is 3.02. The lowest BCUT2D eigenvalue weighted by Gasteiger charge is -2.10. The largest absolute Gasteiger partial charge is 0.463 e. The second-order valence-electron chi connectivity index (χ2n) is 6.42. The molecule has 0 aliphatic rings. The lowest BCUT2D eigenvalue weighted by atomic mass is 9.97. The molecule has 0 bridgehead atoms. The number of carbonyl (C=O) groups excluding carboxylic acids is 1. The average molecular weight is 475 g/mol. The maximum atomic E-state index is 13.4. The number of thiophene rings is 1. The smallest absolute Gasteiger partial charge is 0.433 e. The molecule has 0 radical (unpaired) electrons. The van der Waals surface area contributed by atoms with Crippen LogP contribution in [-0.2, 0) is 9.84 Å². The molecule has 7 nitrogen and oxygen atoms in total. The molecule has 0 saturated carbocycles. The number of sulfone groups is 1. The van der Waals surface area contributed by atoms with Gasteiger partial charge in [-0.15, -0.1) is 23.1 Å². The highest BCUT2D eigenvalue weighted by atomic mass is 32.2. The van der Waals surface area contributed by atoms with Gasteiger partial charge in [-0.3, -0.25) is 4.79 Å². The van der Waals surface area contributed by atoms with E-state index in [1.807, 2.05) is 13.0 Å². The fourth-order valence-corrected chi connectivity index (χ4v) is 6.97. The van der Waals surface area contributed by atoms with E-state index in [1.54, 1.807) is 36.6 Å². The summed E-state index contributed by atoms with van der Waals surface area (Å²) in [4.78, 5) is 25.7. The number of nitrogens with two attached hydrogens (primary N) is 1. The first-order valence-corrected chi connectivity index (χ1v) is 12.4. The zero-order valence-corrected chi connectivity index (χ0v) is 19.0. The average Bonchev–Trinajstić information content (AvgIpc) is 3.19. The Balaban J connectivity index is 2.12. The van der Waals surface area contributed by atoms with Crippen molar-refractivity contribution in [1.82, 2.24) is 0 Å². The second-order valence-corrected chi connectivity index (χ2v) is 10.5. The number of amidine groups is 1. The Hall–Kier alpha value is -2.95. The standard InChI is InChI=1S/C21H18N2O5S3/c1-12-14(11-24)6-4-8-16(12)13-5-3-7-15(9-13)31(27,28)18-10-17(30-20(18)29-2)19(22)23-21(25)26/h3-11H,1-2H3,(H2,22,23)(H,25,26).